The molecule has 36 heavy (non-hydrogen) atoms. The van der Waals surface area contributed by atoms with Crippen LogP contribution >= 0.6 is 0 Å². The average molecular weight is 481 g/mol. The van der Waals surface area contributed by atoms with Crippen molar-refractivity contribution in [1.29, 1.82) is 0 Å². The maximum absolute atomic E-state index is 5.70. The van der Waals surface area contributed by atoms with Gasteiger partial charge in [-0.1, -0.05) is 72.2 Å². The van der Waals surface area contributed by atoms with E-state index in [1.807, 2.05) is 0 Å². The standard InChI is InChI=1S/C32H32O4/c1-2-6-10-22-34-26-30-17-19-32(20-18-30)28-36-24-12-8-4-3-7-11-23-35-27-31-15-13-29(14-16-31)25-33-21-9-5-1/h13-20H,9-12,21-28H2. The maximum Gasteiger partial charge on any atom is 0.0717 e. The van der Waals surface area contributed by atoms with Crippen LogP contribution in [0.3, 0.4) is 0 Å². The van der Waals surface area contributed by atoms with E-state index >= 15 is 0 Å². The van der Waals surface area contributed by atoms with Gasteiger partial charge in [-0.25, -0.2) is 0 Å². The second kappa shape index (κ2) is 17.9. The third-order valence-corrected chi connectivity index (χ3v) is 5.09. The summed E-state index contributed by atoms with van der Waals surface area (Å²) in [5.74, 6) is 23.6. The van der Waals surface area contributed by atoms with Crippen LogP contribution in [0.2, 0.25) is 0 Å². The van der Waals surface area contributed by atoms with Gasteiger partial charge in [0.05, 0.1) is 52.9 Å². The van der Waals surface area contributed by atoms with E-state index in [0.717, 1.165) is 22.3 Å². The fraction of sp³-hybridized carbons (Fsp3) is 0.375. The molecule has 4 bridgehead atoms. The highest BCUT2D eigenvalue weighted by Gasteiger charge is 1.97. The molecule has 0 radical (unpaired) electrons. The zero-order valence-corrected chi connectivity index (χ0v) is 20.7. The van der Waals surface area contributed by atoms with Crippen LogP contribution < -0.4 is 0 Å². The van der Waals surface area contributed by atoms with Crippen molar-refractivity contribution in [2.24, 2.45) is 0 Å². The smallest absolute Gasteiger partial charge is 0.0717 e. The molecule has 0 unspecified atom stereocenters. The lowest BCUT2D eigenvalue weighted by atomic mass is 10.1. The molecule has 4 heteroatoms. The summed E-state index contributed by atoms with van der Waals surface area (Å²) in [6, 6.07) is 16.5. The zero-order chi connectivity index (χ0) is 24.9. The Bertz CT molecular complexity index is 961. The minimum absolute atomic E-state index is 0.567. The molecule has 0 amide bonds. The number of hydrogen-bond donors (Lipinski definition) is 0. The first-order valence-electron chi connectivity index (χ1n) is 12.3. The Balaban J connectivity index is 1.46. The Morgan fingerprint density at radius 1 is 0.361 bits per heavy atom. The largest absolute Gasteiger partial charge is 0.376 e. The van der Waals surface area contributed by atoms with Crippen molar-refractivity contribution in [2.75, 3.05) is 26.4 Å². The molecule has 0 N–H and O–H groups in total. The second-order valence-corrected chi connectivity index (χ2v) is 8.05. The third kappa shape index (κ3) is 12.3. The molecular weight excluding hydrogens is 448 g/mol. The molecule has 0 saturated heterocycles. The van der Waals surface area contributed by atoms with Crippen molar-refractivity contribution < 1.29 is 18.9 Å². The third-order valence-electron chi connectivity index (χ3n) is 5.09. The zero-order valence-electron chi connectivity index (χ0n) is 20.7. The molecule has 4 nitrogen and oxygen atoms in total. The summed E-state index contributed by atoms with van der Waals surface area (Å²) in [6.07, 6.45) is 2.64. The highest BCUT2D eigenvalue weighted by molar-refractivity contribution is 5.27. The van der Waals surface area contributed by atoms with E-state index in [4.69, 9.17) is 18.9 Å². The number of benzene rings is 2. The predicted molar refractivity (Wildman–Crippen MR) is 141 cm³/mol. The SMILES string of the molecule is C1#CCCOCc2ccc(cc2)COCCC#CC#CCCOCc2ccc(cc2)COCCC#C1. The molecule has 0 atom stereocenters. The van der Waals surface area contributed by atoms with E-state index in [2.05, 4.69) is 95.9 Å². The lowest BCUT2D eigenvalue weighted by molar-refractivity contribution is 0.124. The van der Waals surface area contributed by atoms with Gasteiger partial charge in [-0.05, 0) is 45.9 Å². The summed E-state index contributed by atoms with van der Waals surface area (Å²) in [5, 5.41) is 0. The van der Waals surface area contributed by atoms with Gasteiger partial charge in [-0.3, -0.25) is 0 Å². The first kappa shape index (κ1) is 27.1. The normalized spacial score (nSPS) is 16.2. The van der Waals surface area contributed by atoms with Crippen molar-refractivity contribution in [3.63, 3.8) is 0 Å². The lowest BCUT2D eigenvalue weighted by Gasteiger charge is -2.05. The van der Waals surface area contributed by atoms with Gasteiger partial charge < -0.3 is 18.9 Å². The molecule has 4 aliphatic rings. The topological polar surface area (TPSA) is 36.9 Å². The van der Waals surface area contributed by atoms with Crippen LogP contribution in [0, 0.1) is 47.4 Å². The molecule has 0 spiro atoms. The molecule has 0 fully saturated rings. The fourth-order valence-electron chi connectivity index (χ4n) is 3.14. The maximum atomic E-state index is 5.70. The summed E-state index contributed by atoms with van der Waals surface area (Å²) in [5.41, 5.74) is 4.51. The Morgan fingerprint density at radius 3 is 0.806 bits per heavy atom. The number of hydrogen-bond acceptors (Lipinski definition) is 4. The van der Waals surface area contributed by atoms with E-state index < -0.39 is 0 Å². The molecule has 2 aromatic carbocycles. The van der Waals surface area contributed by atoms with Crippen LogP contribution in [-0.4, -0.2) is 26.4 Å². The lowest BCUT2D eigenvalue weighted by Crippen LogP contribution is -1.97. The van der Waals surface area contributed by atoms with Crippen LogP contribution in [0.4, 0.5) is 0 Å². The molecule has 2 aromatic rings. The number of rotatable bonds is 0. The molecule has 0 aliphatic carbocycles. The van der Waals surface area contributed by atoms with Gasteiger partial charge in [0.1, 0.15) is 0 Å². The predicted octanol–water partition coefficient (Wildman–Crippen LogP) is 5.04. The minimum Gasteiger partial charge on any atom is -0.376 e. The molecular formula is C32H32O4. The first-order valence-corrected chi connectivity index (χ1v) is 12.3. The van der Waals surface area contributed by atoms with Crippen molar-refractivity contribution in [2.45, 2.75) is 52.1 Å². The Labute approximate surface area is 215 Å². The van der Waals surface area contributed by atoms with Crippen LogP contribution in [0.1, 0.15) is 47.9 Å². The van der Waals surface area contributed by atoms with E-state index in [1.165, 1.54) is 0 Å². The van der Waals surface area contributed by atoms with Gasteiger partial charge in [0, 0.05) is 25.7 Å². The highest BCUT2D eigenvalue weighted by Crippen LogP contribution is 2.08. The van der Waals surface area contributed by atoms with Gasteiger partial charge in [0.25, 0.3) is 0 Å². The monoisotopic (exact) mass is 480 g/mol. The number of ether oxygens (including phenoxy) is 4. The summed E-state index contributed by atoms with van der Waals surface area (Å²) >= 11 is 0. The molecule has 0 aromatic heterocycles. The van der Waals surface area contributed by atoms with Crippen molar-refractivity contribution in [3.8, 4) is 47.4 Å². The Hall–Kier alpha value is -3.48. The molecule has 4 aliphatic heterocycles. The van der Waals surface area contributed by atoms with Crippen LogP contribution in [0.5, 0.6) is 0 Å². The molecule has 6 rings (SSSR count). The van der Waals surface area contributed by atoms with Gasteiger partial charge >= 0.3 is 0 Å². The van der Waals surface area contributed by atoms with E-state index in [0.29, 0.717) is 78.5 Å². The van der Waals surface area contributed by atoms with E-state index in [1.54, 1.807) is 0 Å². The highest BCUT2D eigenvalue weighted by atomic mass is 16.5. The fourth-order valence-corrected chi connectivity index (χ4v) is 3.14. The van der Waals surface area contributed by atoms with Gasteiger partial charge in [-0.15, -0.1) is 0 Å². The van der Waals surface area contributed by atoms with Gasteiger partial charge in [-0.2, -0.15) is 0 Å². The Kier molecular flexibility index (Phi) is 13.5. The molecule has 0 saturated carbocycles. The van der Waals surface area contributed by atoms with E-state index in [-0.39, 0.29) is 0 Å². The average Bonchev–Trinajstić information content (AvgIpc) is 2.91. The summed E-state index contributed by atoms with van der Waals surface area (Å²) in [6.45, 7) is 4.60. The Morgan fingerprint density at radius 2 is 0.583 bits per heavy atom. The molecule has 184 valence electrons. The summed E-state index contributed by atoms with van der Waals surface area (Å²) in [4.78, 5) is 0. The van der Waals surface area contributed by atoms with Crippen LogP contribution in [0.15, 0.2) is 48.5 Å². The molecule has 4 heterocycles. The summed E-state index contributed by atoms with van der Waals surface area (Å²) < 4.78 is 22.8. The second-order valence-electron chi connectivity index (χ2n) is 8.05. The van der Waals surface area contributed by atoms with Crippen molar-refractivity contribution in [1.82, 2.24) is 0 Å². The van der Waals surface area contributed by atoms with Crippen molar-refractivity contribution in [3.05, 3.63) is 70.8 Å². The van der Waals surface area contributed by atoms with Gasteiger partial charge in [0.15, 0.2) is 0 Å². The van der Waals surface area contributed by atoms with Crippen LogP contribution in [-0.2, 0) is 45.4 Å². The van der Waals surface area contributed by atoms with E-state index in [9.17, 15) is 0 Å². The summed E-state index contributed by atoms with van der Waals surface area (Å²) in [7, 11) is 0. The van der Waals surface area contributed by atoms with Gasteiger partial charge in [0.2, 0.25) is 0 Å². The minimum atomic E-state index is 0.567. The quantitative estimate of drug-likeness (QED) is 0.495. The van der Waals surface area contributed by atoms with Crippen molar-refractivity contribution >= 4 is 0 Å². The first-order chi connectivity index (χ1) is 17.9. The van der Waals surface area contributed by atoms with Crippen LogP contribution in [0.25, 0.3) is 0 Å².